The Hall–Kier alpha value is -3.42. The molecule has 1 fully saturated rings. The molecule has 0 aromatic heterocycles. The van der Waals surface area contributed by atoms with Crippen LogP contribution in [-0.2, 0) is 0 Å². The molecule has 8 nitrogen and oxygen atoms in total. The van der Waals surface area contributed by atoms with Crippen molar-refractivity contribution in [2.45, 2.75) is 12.8 Å². The van der Waals surface area contributed by atoms with Crippen molar-refractivity contribution in [2.24, 2.45) is 0 Å². The van der Waals surface area contributed by atoms with E-state index >= 15 is 0 Å². The lowest BCUT2D eigenvalue weighted by molar-refractivity contribution is -0.385. The van der Waals surface area contributed by atoms with Gasteiger partial charge in [0.1, 0.15) is 11.5 Å². The van der Waals surface area contributed by atoms with E-state index in [0.29, 0.717) is 17.1 Å². The maximum atomic E-state index is 11.3. The van der Waals surface area contributed by atoms with Gasteiger partial charge < -0.3 is 24.2 Å². The smallest absolute Gasteiger partial charge is 0.276 e. The summed E-state index contributed by atoms with van der Waals surface area (Å²) in [6.07, 6.45) is 5.86. The van der Waals surface area contributed by atoms with Crippen LogP contribution in [-0.4, -0.2) is 42.2 Å². The zero-order chi connectivity index (χ0) is 20.1. The number of nitro groups is 1. The van der Waals surface area contributed by atoms with Crippen molar-refractivity contribution in [2.75, 3.05) is 27.3 Å². The van der Waals surface area contributed by atoms with Gasteiger partial charge in [-0.2, -0.15) is 0 Å². The largest absolute Gasteiger partial charge is 0.502 e. The third-order valence-corrected chi connectivity index (χ3v) is 4.49. The molecule has 3 rings (SSSR count). The summed E-state index contributed by atoms with van der Waals surface area (Å²) in [5.41, 5.74) is 0.454. The Morgan fingerprint density at radius 1 is 1.07 bits per heavy atom. The second-order valence-electron chi connectivity index (χ2n) is 6.32. The Kier molecular flexibility index (Phi) is 5.88. The molecular weight excluding hydrogens is 364 g/mol. The number of phenols is 1. The van der Waals surface area contributed by atoms with Gasteiger partial charge in [-0.3, -0.25) is 10.1 Å². The standard InChI is InChI=1S/C20H22N2O6/c1-26-18-12-16(13-19(27-2)20(18)23)28-15-5-6-17(22(24)25)14(11-15)7-10-21-8-3-4-9-21/h5-7,10-13,23H,3-4,8-9H2,1-2H3. The van der Waals surface area contributed by atoms with E-state index in [1.165, 1.54) is 38.5 Å². The van der Waals surface area contributed by atoms with Crippen molar-refractivity contribution >= 4 is 11.8 Å². The Morgan fingerprint density at radius 2 is 1.71 bits per heavy atom. The molecule has 148 valence electrons. The van der Waals surface area contributed by atoms with Crippen molar-refractivity contribution in [3.8, 4) is 28.7 Å². The maximum Gasteiger partial charge on any atom is 0.276 e. The van der Waals surface area contributed by atoms with Gasteiger partial charge in [-0.05, 0) is 37.3 Å². The van der Waals surface area contributed by atoms with Crippen LogP contribution in [0.5, 0.6) is 28.7 Å². The van der Waals surface area contributed by atoms with E-state index < -0.39 is 4.92 Å². The summed E-state index contributed by atoms with van der Waals surface area (Å²) in [7, 11) is 2.84. The molecule has 28 heavy (non-hydrogen) atoms. The van der Waals surface area contributed by atoms with Gasteiger partial charge in [-0.25, -0.2) is 0 Å². The number of rotatable bonds is 7. The predicted molar refractivity (Wildman–Crippen MR) is 104 cm³/mol. The quantitative estimate of drug-likeness (QED) is 0.563. The molecule has 0 saturated carbocycles. The Morgan fingerprint density at radius 3 is 2.29 bits per heavy atom. The summed E-state index contributed by atoms with van der Waals surface area (Å²) in [5.74, 6) is 1.06. The van der Waals surface area contributed by atoms with Crippen molar-refractivity contribution in [3.63, 3.8) is 0 Å². The molecule has 2 aromatic rings. The van der Waals surface area contributed by atoms with Crippen molar-refractivity contribution < 1.29 is 24.2 Å². The Labute approximate surface area is 162 Å². The molecule has 1 heterocycles. The number of hydrogen-bond donors (Lipinski definition) is 1. The normalized spacial score (nSPS) is 13.7. The minimum atomic E-state index is -0.417. The SMILES string of the molecule is COc1cc(Oc2ccc([N+](=O)[O-])c(C=CN3CCCC3)c2)cc(OC)c1O. The summed E-state index contributed by atoms with van der Waals surface area (Å²) in [4.78, 5) is 13.1. The summed E-state index contributed by atoms with van der Waals surface area (Å²) >= 11 is 0. The van der Waals surface area contributed by atoms with E-state index in [9.17, 15) is 15.2 Å². The lowest BCUT2D eigenvalue weighted by atomic mass is 10.1. The highest BCUT2D eigenvalue weighted by Gasteiger charge is 2.16. The van der Waals surface area contributed by atoms with Crippen molar-refractivity contribution in [3.05, 3.63) is 52.2 Å². The predicted octanol–water partition coefficient (Wildman–Crippen LogP) is 4.18. The molecule has 0 atom stereocenters. The minimum absolute atomic E-state index is 0.00339. The van der Waals surface area contributed by atoms with Crippen LogP contribution in [0.3, 0.4) is 0 Å². The summed E-state index contributed by atoms with van der Waals surface area (Å²) in [6, 6.07) is 7.57. The third kappa shape index (κ3) is 4.28. The first-order chi connectivity index (χ1) is 13.5. The van der Waals surface area contributed by atoms with E-state index in [1.807, 2.05) is 6.20 Å². The van der Waals surface area contributed by atoms with Gasteiger partial charge in [-0.15, -0.1) is 0 Å². The molecule has 0 radical (unpaired) electrons. The van der Waals surface area contributed by atoms with Crippen molar-refractivity contribution in [1.29, 1.82) is 0 Å². The number of nitrogens with zero attached hydrogens (tertiary/aromatic N) is 2. The topological polar surface area (TPSA) is 94.3 Å². The molecule has 0 aliphatic carbocycles. The summed E-state index contributed by atoms with van der Waals surface area (Å²) < 4.78 is 16.1. The number of nitro benzene ring substituents is 1. The van der Waals surface area contributed by atoms with Gasteiger partial charge in [0.05, 0.1) is 24.7 Å². The number of aromatic hydroxyl groups is 1. The second kappa shape index (κ2) is 8.51. The Balaban J connectivity index is 1.90. The fourth-order valence-corrected chi connectivity index (χ4v) is 3.04. The number of likely N-dealkylation sites (tertiary alicyclic amines) is 1. The van der Waals surface area contributed by atoms with Crippen LogP contribution in [0.1, 0.15) is 18.4 Å². The van der Waals surface area contributed by atoms with Crippen LogP contribution in [0.2, 0.25) is 0 Å². The fraction of sp³-hybridized carbons (Fsp3) is 0.300. The number of benzene rings is 2. The van der Waals surface area contributed by atoms with Gasteiger partial charge in [0.25, 0.3) is 5.69 Å². The van der Waals surface area contributed by atoms with Gasteiger partial charge in [-0.1, -0.05) is 0 Å². The van der Waals surface area contributed by atoms with E-state index in [-0.39, 0.29) is 22.9 Å². The average Bonchev–Trinajstić information content (AvgIpc) is 3.21. The summed E-state index contributed by atoms with van der Waals surface area (Å²) in [6.45, 7) is 1.90. The maximum absolute atomic E-state index is 11.3. The Bertz CT molecular complexity index is 865. The molecule has 1 saturated heterocycles. The second-order valence-corrected chi connectivity index (χ2v) is 6.32. The molecule has 0 unspecified atom stereocenters. The third-order valence-electron chi connectivity index (χ3n) is 4.49. The van der Waals surface area contributed by atoms with E-state index in [0.717, 1.165) is 25.9 Å². The lowest BCUT2D eigenvalue weighted by Crippen LogP contribution is -2.10. The lowest BCUT2D eigenvalue weighted by Gasteiger charge is -2.13. The number of hydrogen-bond acceptors (Lipinski definition) is 7. The molecule has 0 spiro atoms. The van der Waals surface area contributed by atoms with Crippen LogP contribution in [0, 0.1) is 10.1 Å². The van der Waals surface area contributed by atoms with Gasteiger partial charge in [0.2, 0.25) is 5.75 Å². The molecule has 0 bridgehead atoms. The van der Waals surface area contributed by atoms with Crippen LogP contribution in [0.25, 0.3) is 6.08 Å². The van der Waals surface area contributed by atoms with Crippen LogP contribution in [0.15, 0.2) is 36.5 Å². The molecule has 8 heteroatoms. The van der Waals surface area contributed by atoms with Crippen LogP contribution in [0.4, 0.5) is 5.69 Å². The summed E-state index contributed by atoms with van der Waals surface area (Å²) in [5, 5.41) is 21.3. The van der Waals surface area contributed by atoms with E-state index in [2.05, 4.69) is 4.90 Å². The molecule has 1 aliphatic heterocycles. The van der Waals surface area contributed by atoms with E-state index in [1.54, 1.807) is 12.1 Å². The first-order valence-corrected chi connectivity index (χ1v) is 8.85. The molecule has 0 amide bonds. The number of methoxy groups -OCH3 is 2. The van der Waals surface area contributed by atoms with Crippen molar-refractivity contribution in [1.82, 2.24) is 4.90 Å². The van der Waals surface area contributed by atoms with Gasteiger partial charge in [0.15, 0.2) is 11.5 Å². The van der Waals surface area contributed by atoms with E-state index in [4.69, 9.17) is 14.2 Å². The highest BCUT2D eigenvalue weighted by molar-refractivity contribution is 5.63. The molecular formula is C20H22N2O6. The number of phenolic OH excluding ortho intramolecular Hbond substituents is 1. The monoisotopic (exact) mass is 386 g/mol. The van der Waals surface area contributed by atoms with Gasteiger partial charge in [0, 0.05) is 31.3 Å². The number of ether oxygens (including phenoxy) is 3. The first-order valence-electron chi connectivity index (χ1n) is 8.85. The zero-order valence-electron chi connectivity index (χ0n) is 15.8. The zero-order valence-corrected chi connectivity index (χ0v) is 15.8. The van der Waals surface area contributed by atoms with Crippen LogP contribution >= 0.6 is 0 Å². The van der Waals surface area contributed by atoms with Crippen LogP contribution < -0.4 is 14.2 Å². The minimum Gasteiger partial charge on any atom is -0.502 e. The highest BCUT2D eigenvalue weighted by atomic mass is 16.6. The average molecular weight is 386 g/mol. The van der Waals surface area contributed by atoms with Gasteiger partial charge >= 0.3 is 0 Å². The molecule has 1 aliphatic rings. The first kappa shape index (κ1) is 19.3. The highest BCUT2D eigenvalue weighted by Crippen LogP contribution is 2.41. The molecule has 1 N–H and O–H groups in total. The molecule has 2 aromatic carbocycles. The fourth-order valence-electron chi connectivity index (χ4n) is 3.04.